The van der Waals surface area contributed by atoms with Gasteiger partial charge in [0.2, 0.25) is 0 Å². The lowest BCUT2D eigenvalue weighted by Gasteiger charge is -2.16. The summed E-state index contributed by atoms with van der Waals surface area (Å²) >= 11 is 0. The fourth-order valence-electron chi connectivity index (χ4n) is 2.04. The number of ether oxygens (including phenoxy) is 1. The van der Waals surface area contributed by atoms with Gasteiger partial charge in [0.1, 0.15) is 18.2 Å². The van der Waals surface area contributed by atoms with E-state index in [-0.39, 0.29) is 18.5 Å². The molecule has 0 amide bonds. The average molecular weight is 283 g/mol. The molecule has 1 N–H and O–H groups in total. The topological polar surface area (TPSA) is 21.3 Å². The van der Waals surface area contributed by atoms with Gasteiger partial charge in [0, 0.05) is 18.2 Å². The molecule has 1 unspecified atom stereocenters. The fourth-order valence-corrected chi connectivity index (χ4v) is 2.04. The summed E-state index contributed by atoms with van der Waals surface area (Å²) in [4.78, 5) is 0. The van der Waals surface area contributed by atoms with E-state index < -0.39 is 0 Å². The van der Waals surface area contributed by atoms with E-state index in [0.717, 1.165) is 16.9 Å². The van der Waals surface area contributed by atoms with Crippen molar-refractivity contribution < 1.29 is 9.13 Å². The molecule has 0 spiro atoms. The van der Waals surface area contributed by atoms with Gasteiger partial charge in [-0.05, 0) is 30.7 Å². The molecule has 0 radical (unpaired) electrons. The molecule has 0 bridgehead atoms. The molecule has 108 valence electrons. The summed E-state index contributed by atoms with van der Waals surface area (Å²) in [5.74, 6) is 3.02. The van der Waals surface area contributed by atoms with Crippen LogP contribution in [0.2, 0.25) is 0 Å². The van der Waals surface area contributed by atoms with Crippen LogP contribution in [0, 0.1) is 18.2 Å². The Labute approximate surface area is 125 Å². The first-order valence-corrected chi connectivity index (χ1v) is 6.83. The minimum atomic E-state index is -0.223. The van der Waals surface area contributed by atoms with E-state index in [0.29, 0.717) is 6.54 Å². The summed E-state index contributed by atoms with van der Waals surface area (Å²) in [6.45, 7) is 2.95. The number of terminal acetylenes is 1. The average Bonchev–Trinajstić information content (AvgIpc) is 2.52. The van der Waals surface area contributed by atoms with Gasteiger partial charge in [-0.2, -0.15) is 0 Å². The highest BCUT2D eigenvalue weighted by atomic mass is 19.1. The van der Waals surface area contributed by atoms with Crippen LogP contribution in [-0.2, 0) is 6.54 Å². The molecule has 3 heteroatoms. The lowest BCUT2D eigenvalue weighted by Crippen LogP contribution is -2.18. The van der Waals surface area contributed by atoms with E-state index in [1.807, 2.05) is 31.2 Å². The second-order valence-corrected chi connectivity index (χ2v) is 4.75. The Morgan fingerprint density at radius 3 is 2.62 bits per heavy atom. The van der Waals surface area contributed by atoms with Crippen LogP contribution in [0.15, 0.2) is 48.5 Å². The van der Waals surface area contributed by atoms with E-state index in [9.17, 15) is 4.39 Å². The molecule has 2 aromatic rings. The van der Waals surface area contributed by atoms with Gasteiger partial charge in [0.05, 0.1) is 0 Å². The van der Waals surface area contributed by atoms with Crippen molar-refractivity contribution in [3.8, 4) is 18.1 Å². The Balaban J connectivity index is 1.99. The van der Waals surface area contributed by atoms with Crippen molar-refractivity contribution in [2.75, 3.05) is 6.61 Å². The molecular weight excluding hydrogens is 265 g/mol. The Morgan fingerprint density at radius 2 is 1.90 bits per heavy atom. The van der Waals surface area contributed by atoms with Gasteiger partial charge in [0.15, 0.2) is 0 Å². The summed E-state index contributed by atoms with van der Waals surface area (Å²) in [6, 6.07) is 14.4. The maximum atomic E-state index is 12.9. The number of hydrogen-bond acceptors (Lipinski definition) is 2. The minimum Gasteiger partial charge on any atom is -0.481 e. The zero-order chi connectivity index (χ0) is 15.1. The van der Waals surface area contributed by atoms with E-state index in [1.165, 1.54) is 12.1 Å². The van der Waals surface area contributed by atoms with Crippen LogP contribution in [0.1, 0.15) is 24.1 Å². The molecule has 2 rings (SSSR count). The van der Waals surface area contributed by atoms with Crippen molar-refractivity contribution in [1.29, 1.82) is 0 Å². The van der Waals surface area contributed by atoms with Gasteiger partial charge in [-0.15, -0.1) is 6.42 Å². The van der Waals surface area contributed by atoms with Crippen LogP contribution < -0.4 is 10.1 Å². The predicted octanol–water partition coefficient (Wildman–Crippen LogP) is 3.69. The van der Waals surface area contributed by atoms with Gasteiger partial charge in [0.25, 0.3) is 0 Å². The lowest BCUT2D eigenvalue weighted by atomic mass is 10.1. The molecule has 2 nitrogen and oxygen atoms in total. The van der Waals surface area contributed by atoms with Gasteiger partial charge in [-0.3, -0.25) is 0 Å². The molecule has 2 aromatic carbocycles. The molecular formula is C18H18FNO. The van der Waals surface area contributed by atoms with Crippen molar-refractivity contribution in [2.24, 2.45) is 0 Å². The monoisotopic (exact) mass is 283 g/mol. The molecule has 1 atom stereocenters. The lowest BCUT2D eigenvalue weighted by molar-refractivity contribution is 0.364. The third-order valence-electron chi connectivity index (χ3n) is 3.25. The summed E-state index contributed by atoms with van der Waals surface area (Å²) in [7, 11) is 0. The molecule has 0 aliphatic carbocycles. The summed E-state index contributed by atoms with van der Waals surface area (Å²) in [5.41, 5.74) is 2.08. The van der Waals surface area contributed by atoms with E-state index >= 15 is 0 Å². The molecule has 0 saturated carbocycles. The predicted molar refractivity (Wildman–Crippen MR) is 82.4 cm³/mol. The minimum absolute atomic E-state index is 0.117. The third-order valence-corrected chi connectivity index (χ3v) is 3.25. The Kier molecular flexibility index (Phi) is 5.36. The Hall–Kier alpha value is -2.31. The second-order valence-electron chi connectivity index (χ2n) is 4.75. The van der Waals surface area contributed by atoms with Gasteiger partial charge in [-0.25, -0.2) is 4.39 Å². The van der Waals surface area contributed by atoms with E-state index in [4.69, 9.17) is 11.2 Å². The van der Waals surface area contributed by atoms with E-state index in [1.54, 1.807) is 12.1 Å². The number of para-hydroxylation sites is 1. The number of halogens is 1. The van der Waals surface area contributed by atoms with Crippen LogP contribution >= 0.6 is 0 Å². The van der Waals surface area contributed by atoms with Crippen molar-refractivity contribution in [2.45, 2.75) is 19.5 Å². The molecule has 0 aliphatic heterocycles. The SMILES string of the molecule is C#CCOc1ccccc1CNC(C)c1ccc(F)cc1. The van der Waals surface area contributed by atoms with Crippen molar-refractivity contribution in [3.63, 3.8) is 0 Å². The van der Waals surface area contributed by atoms with Crippen molar-refractivity contribution in [1.82, 2.24) is 5.32 Å². The first kappa shape index (κ1) is 15.1. The normalized spacial score (nSPS) is 11.7. The smallest absolute Gasteiger partial charge is 0.148 e. The zero-order valence-electron chi connectivity index (χ0n) is 12.0. The quantitative estimate of drug-likeness (QED) is 0.816. The van der Waals surface area contributed by atoms with Crippen LogP contribution in [-0.4, -0.2) is 6.61 Å². The maximum Gasteiger partial charge on any atom is 0.148 e. The number of rotatable bonds is 6. The highest BCUT2D eigenvalue weighted by molar-refractivity contribution is 5.33. The number of nitrogens with one attached hydrogen (secondary N) is 1. The maximum absolute atomic E-state index is 12.9. The van der Waals surface area contributed by atoms with Crippen LogP contribution in [0.3, 0.4) is 0 Å². The Morgan fingerprint density at radius 1 is 1.19 bits per heavy atom. The number of hydrogen-bond donors (Lipinski definition) is 1. The van der Waals surface area contributed by atoms with Crippen LogP contribution in [0.5, 0.6) is 5.75 Å². The van der Waals surface area contributed by atoms with Crippen molar-refractivity contribution >= 4 is 0 Å². The largest absolute Gasteiger partial charge is 0.481 e. The summed E-state index contributed by atoms with van der Waals surface area (Å²) < 4.78 is 18.4. The molecule has 0 aliphatic rings. The second kappa shape index (κ2) is 7.47. The van der Waals surface area contributed by atoms with Crippen LogP contribution in [0.25, 0.3) is 0 Å². The van der Waals surface area contributed by atoms with Crippen LogP contribution in [0.4, 0.5) is 4.39 Å². The third kappa shape index (κ3) is 4.34. The fraction of sp³-hybridized carbons (Fsp3) is 0.222. The van der Waals surface area contributed by atoms with Gasteiger partial charge < -0.3 is 10.1 Å². The summed E-state index contributed by atoms with van der Waals surface area (Å²) in [6.07, 6.45) is 5.22. The number of benzene rings is 2. The zero-order valence-corrected chi connectivity index (χ0v) is 12.0. The van der Waals surface area contributed by atoms with Gasteiger partial charge >= 0.3 is 0 Å². The van der Waals surface area contributed by atoms with E-state index in [2.05, 4.69) is 11.2 Å². The Bertz CT molecular complexity index is 616. The first-order valence-electron chi connectivity index (χ1n) is 6.83. The standard InChI is InChI=1S/C18H18FNO/c1-3-12-21-18-7-5-4-6-16(18)13-20-14(2)15-8-10-17(19)11-9-15/h1,4-11,14,20H,12-13H2,2H3. The molecule has 0 aromatic heterocycles. The molecule has 0 heterocycles. The highest BCUT2D eigenvalue weighted by Crippen LogP contribution is 2.19. The summed E-state index contributed by atoms with van der Waals surface area (Å²) in [5, 5.41) is 3.40. The highest BCUT2D eigenvalue weighted by Gasteiger charge is 2.07. The van der Waals surface area contributed by atoms with Gasteiger partial charge in [-0.1, -0.05) is 36.3 Å². The molecule has 0 fully saturated rings. The van der Waals surface area contributed by atoms with Crippen molar-refractivity contribution in [3.05, 3.63) is 65.5 Å². The molecule has 0 saturated heterocycles. The molecule has 21 heavy (non-hydrogen) atoms. The first-order chi connectivity index (χ1) is 10.2.